The molecule has 1 aliphatic heterocycles. The van der Waals surface area contributed by atoms with Gasteiger partial charge in [-0.15, -0.1) is 0 Å². The van der Waals surface area contributed by atoms with Gasteiger partial charge in [0.1, 0.15) is 0 Å². The van der Waals surface area contributed by atoms with Crippen molar-refractivity contribution in [3.8, 4) is 0 Å². The van der Waals surface area contributed by atoms with Gasteiger partial charge in [-0.05, 0) is 50.8 Å². The predicted octanol–water partition coefficient (Wildman–Crippen LogP) is 4.09. The Bertz CT molecular complexity index is 1270. The van der Waals surface area contributed by atoms with Crippen molar-refractivity contribution in [2.24, 2.45) is 5.92 Å². The number of carbonyl (C=O) groups is 1. The standard InChI is InChI=1S/C26H29N3O3/c1-4-32-25(30)19-10-8-13-20(19)29-22-12-6-5-11-21(22)28(26(29)31)16-18-15-27(3)23-14-7-9-17(2)24(18)23/h5-7,9,11-12,14-15,23-24H,4,8,10,13,16H2,1-3H3. The third kappa shape index (κ3) is 3.17. The maximum absolute atomic E-state index is 13.8. The fourth-order valence-corrected chi connectivity index (χ4v) is 5.47. The molecule has 0 fully saturated rings. The van der Waals surface area contributed by atoms with Gasteiger partial charge in [0.25, 0.3) is 0 Å². The summed E-state index contributed by atoms with van der Waals surface area (Å²) in [6.45, 7) is 4.83. The summed E-state index contributed by atoms with van der Waals surface area (Å²) in [5.74, 6) is -0.0266. The highest BCUT2D eigenvalue weighted by Gasteiger charge is 2.35. The van der Waals surface area contributed by atoms with Gasteiger partial charge >= 0.3 is 11.7 Å². The summed E-state index contributed by atoms with van der Waals surface area (Å²) < 4.78 is 8.88. The zero-order valence-electron chi connectivity index (χ0n) is 18.9. The van der Waals surface area contributed by atoms with Gasteiger partial charge in [-0.3, -0.25) is 9.13 Å². The van der Waals surface area contributed by atoms with Gasteiger partial charge in [-0.25, -0.2) is 9.59 Å². The lowest BCUT2D eigenvalue weighted by molar-refractivity contribution is -0.138. The summed E-state index contributed by atoms with van der Waals surface area (Å²) in [6, 6.07) is 8.16. The molecule has 2 unspecified atom stereocenters. The Morgan fingerprint density at radius 2 is 1.97 bits per heavy atom. The fourth-order valence-electron chi connectivity index (χ4n) is 5.47. The predicted molar refractivity (Wildman–Crippen MR) is 126 cm³/mol. The number of aromatic nitrogens is 2. The van der Waals surface area contributed by atoms with E-state index in [4.69, 9.17) is 4.74 Å². The van der Waals surface area contributed by atoms with Gasteiger partial charge in [0.2, 0.25) is 0 Å². The minimum Gasteiger partial charge on any atom is -0.463 e. The zero-order chi connectivity index (χ0) is 22.4. The molecule has 0 saturated carbocycles. The van der Waals surface area contributed by atoms with Crippen molar-refractivity contribution < 1.29 is 9.53 Å². The molecule has 0 saturated heterocycles. The molecule has 166 valence electrons. The van der Waals surface area contributed by atoms with Crippen LogP contribution in [0.3, 0.4) is 0 Å². The quantitative estimate of drug-likeness (QED) is 0.669. The van der Waals surface area contributed by atoms with Crippen LogP contribution in [0.25, 0.3) is 16.7 Å². The number of hydrogen-bond donors (Lipinski definition) is 0. The Morgan fingerprint density at radius 3 is 2.75 bits per heavy atom. The van der Waals surface area contributed by atoms with Crippen molar-refractivity contribution in [1.29, 1.82) is 0 Å². The van der Waals surface area contributed by atoms with Gasteiger partial charge in [0.05, 0.1) is 35.8 Å². The Morgan fingerprint density at radius 1 is 1.19 bits per heavy atom. The van der Waals surface area contributed by atoms with Crippen molar-refractivity contribution in [2.45, 2.75) is 45.7 Å². The number of imidazole rings is 1. The normalized spacial score (nSPS) is 22.4. The Balaban J connectivity index is 1.62. The van der Waals surface area contributed by atoms with E-state index in [1.54, 1.807) is 4.57 Å². The van der Waals surface area contributed by atoms with Gasteiger partial charge in [-0.1, -0.05) is 35.9 Å². The topological polar surface area (TPSA) is 56.5 Å². The van der Waals surface area contributed by atoms with E-state index in [-0.39, 0.29) is 17.6 Å². The van der Waals surface area contributed by atoms with Crippen molar-refractivity contribution in [1.82, 2.24) is 14.0 Å². The largest absolute Gasteiger partial charge is 0.463 e. The number of ether oxygens (including phenoxy) is 1. The van der Waals surface area contributed by atoms with E-state index in [9.17, 15) is 9.59 Å². The van der Waals surface area contributed by atoms with E-state index in [1.807, 2.05) is 35.8 Å². The average molecular weight is 432 g/mol. The summed E-state index contributed by atoms with van der Waals surface area (Å²) in [6.07, 6.45) is 10.9. The van der Waals surface area contributed by atoms with Crippen molar-refractivity contribution in [2.75, 3.05) is 13.7 Å². The summed E-state index contributed by atoms with van der Waals surface area (Å²) in [7, 11) is 2.09. The highest BCUT2D eigenvalue weighted by Crippen LogP contribution is 2.38. The number of fused-ring (bicyclic) bond motifs is 2. The van der Waals surface area contributed by atoms with Gasteiger partial charge in [-0.2, -0.15) is 0 Å². The molecule has 2 heterocycles. The van der Waals surface area contributed by atoms with Crippen LogP contribution in [0.2, 0.25) is 0 Å². The molecular weight excluding hydrogens is 402 g/mol. The molecule has 5 rings (SSSR count). The monoisotopic (exact) mass is 431 g/mol. The van der Waals surface area contributed by atoms with Crippen LogP contribution in [0.1, 0.15) is 33.1 Å². The van der Waals surface area contributed by atoms with E-state index in [1.165, 1.54) is 11.1 Å². The number of nitrogens with zero attached hydrogens (tertiary/aromatic N) is 3. The minimum absolute atomic E-state index is 0.0927. The first kappa shape index (κ1) is 20.6. The van der Waals surface area contributed by atoms with E-state index >= 15 is 0 Å². The molecule has 32 heavy (non-hydrogen) atoms. The lowest BCUT2D eigenvalue weighted by Crippen LogP contribution is -2.31. The van der Waals surface area contributed by atoms with Crippen LogP contribution >= 0.6 is 0 Å². The SMILES string of the molecule is CCOC(=O)C1=C(n2c(=O)n(CC3=CN(C)C4C=CC=C(C)C34)c3ccccc32)CCC1. The van der Waals surface area contributed by atoms with Crippen molar-refractivity contribution in [3.63, 3.8) is 0 Å². The Kier molecular flexibility index (Phi) is 5.16. The van der Waals surface area contributed by atoms with E-state index in [0.29, 0.717) is 37.6 Å². The molecule has 6 nitrogen and oxygen atoms in total. The van der Waals surface area contributed by atoms with Crippen LogP contribution in [0, 0.1) is 5.92 Å². The molecule has 2 aromatic rings. The molecule has 3 aliphatic rings. The second-order valence-electron chi connectivity index (χ2n) is 8.83. The van der Waals surface area contributed by atoms with Gasteiger partial charge in [0.15, 0.2) is 0 Å². The molecule has 1 aromatic heterocycles. The lowest BCUT2D eigenvalue weighted by Gasteiger charge is -2.28. The maximum atomic E-state index is 13.8. The molecular formula is C26H29N3O3. The highest BCUT2D eigenvalue weighted by atomic mass is 16.5. The van der Waals surface area contributed by atoms with Crippen LogP contribution in [0.4, 0.5) is 0 Å². The molecule has 2 atom stereocenters. The van der Waals surface area contributed by atoms with Crippen LogP contribution in [-0.4, -0.2) is 39.7 Å². The van der Waals surface area contributed by atoms with Crippen LogP contribution in [0.15, 0.2) is 70.2 Å². The summed E-state index contributed by atoms with van der Waals surface area (Å²) in [5, 5.41) is 0. The number of hydrogen-bond acceptors (Lipinski definition) is 4. The number of benzene rings is 1. The molecule has 6 heteroatoms. The summed E-state index contributed by atoms with van der Waals surface area (Å²) >= 11 is 0. The van der Waals surface area contributed by atoms with Gasteiger partial charge < -0.3 is 9.64 Å². The highest BCUT2D eigenvalue weighted by molar-refractivity contribution is 5.97. The van der Waals surface area contributed by atoms with Crippen molar-refractivity contribution in [3.05, 3.63) is 75.9 Å². The molecule has 0 spiro atoms. The van der Waals surface area contributed by atoms with E-state index in [0.717, 1.165) is 23.2 Å². The molecule has 0 N–H and O–H groups in total. The maximum Gasteiger partial charge on any atom is 0.335 e. The zero-order valence-corrected chi connectivity index (χ0v) is 18.9. The van der Waals surface area contributed by atoms with E-state index in [2.05, 4.69) is 43.3 Å². The molecule has 1 aromatic carbocycles. The third-order valence-electron chi connectivity index (χ3n) is 6.90. The molecule has 0 radical (unpaired) electrons. The minimum atomic E-state index is -0.304. The molecule has 2 aliphatic carbocycles. The number of esters is 1. The van der Waals surface area contributed by atoms with Crippen LogP contribution in [-0.2, 0) is 16.1 Å². The number of allylic oxidation sites excluding steroid dienone is 3. The first-order valence-electron chi connectivity index (χ1n) is 11.4. The van der Waals surface area contributed by atoms with E-state index < -0.39 is 0 Å². The smallest absolute Gasteiger partial charge is 0.335 e. The second kappa shape index (κ2) is 8.01. The number of carbonyl (C=O) groups excluding carboxylic acids is 1. The average Bonchev–Trinajstić information content (AvgIpc) is 3.45. The lowest BCUT2D eigenvalue weighted by atomic mass is 9.84. The third-order valence-corrected chi connectivity index (χ3v) is 6.90. The first-order valence-corrected chi connectivity index (χ1v) is 11.4. The molecule has 0 amide bonds. The Hall–Kier alpha value is -3.28. The fraction of sp³-hybridized carbons (Fsp3) is 0.385. The number of likely N-dealkylation sites (N-methyl/N-ethyl adjacent to an activating group) is 1. The second-order valence-corrected chi connectivity index (χ2v) is 8.83. The van der Waals surface area contributed by atoms with Crippen LogP contribution in [0.5, 0.6) is 0 Å². The summed E-state index contributed by atoms with van der Waals surface area (Å²) in [4.78, 5) is 28.6. The number of rotatable bonds is 5. The Labute approximate surface area is 187 Å². The van der Waals surface area contributed by atoms with Crippen molar-refractivity contribution >= 4 is 22.7 Å². The van der Waals surface area contributed by atoms with Gasteiger partial charge in [0, 0.05) is 24.9 Å². The summed E-state index contributed by atoms with van der Waals surface area (Å²) in [5.41, 5.74) is 5.60. The molecule has 0 bridgehead atoms. The first-order chi connectivity index (χ1) is 15.5. The van der Waals surface area contributed by atoms with Crippen LogP contribution < -0.4 is 5.69 Å². The number of para-hydroxylation sites is 2.